The Bertz CT molecular complexity index is 294. The molecular formula is C11H19N5. The summed E-state index contributed by atoms with van der Waals surface area (Å²) in [4.78, 5) is 6.07. The van der Waals surface area contributed by atoms with Crippen molar-refractivity contribution in [3.63, 3.8) is 0 Å². The molecule has 1 rings (SSSR count). The third kappa shape index (κ3) is 3.10. The third-order valence-electron chi connectivity index (χ3n) is 3.06. The third-order valence-corrected chi connectivity index (χ3v) is 3.06. The van der Waals surface area contributed by atoms with Crippen LogP contribution in [0.15, 0.2) is 0 Å². The minimum Gasteiger partial charge on any atom is -0.308 e. The molecule has 0 amide bonds. The van der Waals surface area contributed by atoms with Crippen LogP contribution in [0.3, 0.4) is 0 Å². The van der Waals surface area contributed by atoms with Crippen LogP contribution in [0.25, 0.3) is 0 Å². The predicted octanol–water partition coefficient (Wildman–Crippen LogP) is -0.0726. The van der Waals surface area contributed by atoms with E-state index in [1.54, 1.807) is 4.90 Å². The van der Waals surface area contributed by atoms with E-state index in [1.807, 2.05) is 21.1 Å². The number of likely N-dealkylation sites (N-methyl/N-ethyl adjacent to an activating group) is 2. The molecule has 1 saturated heterocycles. The molecule has 5 nitrogen and oxygen atoms in total. The quantitative estimate of drug-likeness (QED) is 0.608. The van der Waals surface area contributed by atoms with Crippen LogP contribution >= 0.6 is 0 Å². The minimum atomic E-state index is 0.255. The Morgan fingerprint density at radius 3 is 2.38 bits per heavy atom. The van der Waals surface area contributed by atoms with Gasteiger partial charge in [0.05, 0.1) is 12.5 Å². The number of hydrogen-bond acceptors (Lipinski definition) is 5. The van der Waals surface area contributed by atoms with Gasteiger partial charge in [-0.3, -0.25) is 4.90 Å². The maximum atomic E-state index is 8.81. The minimum absolute atomic E-state index is 0.255. The van der Waals surface area contributed by atoms with E-state index in [-0.39, 0.29) is 6.04 Å². The van der Waals surface area contributed by atoms with Crippen molar-refractivity contribution in [1.82, 2.24) is 14.7 Å². The number of nitriles is 2. The topological polar surface area (TPSA) is 57.3 Å². The van der Waals surface area contributed by atoms with Crippen LogP contribution in [-0.2, 0) is 0 Å². The predicted molar refractivity (Wildman–Crippen MR) is 61.3 cm³/mol. The molecule has 5 heteroatoms. The van der Waals surface area contributed by atoms with E-state index in [4.69, 9.17) is 10.5 Å². The molecule has 1 atom stereocenters. The number of hydrogen-bond donors (Lipinski definition) is 0. The number of nitrogens with zero attached hydrogens (tertiary/aromatic N) is 5. The lowest BCUT2D eigenvalue weighted by Gasteiger charge is -2.44. The van der Waals surface area contributed by atoms with Crippen molar-refractivity contribution >= 4 is 0 Å². The molecule has 1 heterocycles. The van der Waals surface area contributed by atoms with Crippen LogP contribution in [-0.4, -0.2) is 67.6 Å². The summed E-state index contributed by atoms with van der Waals surface area (Å²) >= 11 is 0. The SMILES string of the molecule is CN(C)CC(CC#N)N(C)C1CN(C#N)C1. The molecule has 0 saturated carbocycles. The summed E-state index contributed by atoms with van der Waals surface area (Å²) in [5.74, 6) is 0. The monoisotopic (exact) mass is 221 g/mol. The smallest absolute Gasteiger partial charge is 0.179 e. The maximum Gasteiger partial charge on any atom is 0.179 e. The van der Waals surface area contributed by atoms with Crippen molar-refractivity contribution in [1.29, 1.82) is 10.5 Å². The molecule has 1 unspecified atom stereocenters. The normalized spacial score (nSPS) is 18.1. The van der Waals surface area contributed by atoms with Gasteiger partial charge in [0.1, 0.15) is 0 Å². The summed E-state index contributed by atoms with van der Waals surface area (Å²) in [6, 6.07) is 2.91. The van der Waals surface area contributed by atoms with E-state index in [9.17, 15) is 0 Å². The van der Waals surface area contributed by atoms with Gasteiger partial charge in [-0.15, -0.1) is 0 Å². The summed E-state index contributed by atoms with van der Waals surface area (Å²) in [7, 11) is 6.08. The molecule has 0 aromatic carbocycles. The average molecular weight is 221 g/mol. The van der Waals surface area contributed by atoms with Crippen LogP contribution in [0.5, 0.6) is 0 Å². The molecule has 0 aliphatic carbocycles. The van der Waals surface area contributed by atoms with Crippen molar-refractivity contribution < 1.29 is 0 Å². The fourth-order valence-corrected chi connectivity index (χ4v) is 1.96. The molecule has 1 aliphatic heterocycles. The van der Waals surface area contributed by atoms with E-state index in [2.05, 4.69) is 22.1 Å². The van der Waals surface area contributed by atoms with E-state index in [1.165, 1.54) is 0 Å². The molecule has 0 aromatic rings. The molecule has 16 heavy (non-hydrogen) atoms. The number of rotatable bonds is 5. The second kappa shape index (κ2) is 5.69. The molecule has 88 valence electrons. The fourth-order valence-electron chi connectivity index (χ4n) is 1.96. The van der Waals surface area contributed by atoms with Crippen LogP contribution in [0.4, 0.5) is 0 Å². The van der Waals surface area contributed by atoms with E-state index in [0.29, 0.717) is 12.5 Å². The van der Waals surface area contributed by atoms with Crippen molar-refractivity contribution in [2.45, 2.75) is 18.5 Å². The Morgan fingerprint density at radius 1 is 1.31 bits per heavy atom. The van der Waals surface area contributed by atoms with Crippen LogP contribution < -0.4 is 0 Å². The summed E-state index contributed by atoms with van der Waals surface area (Å²) in [5, 5.41) is 17.5. The molecule has 0 radical (unpaired) electrons. The highest BCUT2D eigenvalue weighted by Crippen LogP contribution is 2.16. The highest BCUT2D eigenvalue weighted by molar-refractivity contribution is 4.97. The first-order chi connectivity index (χ1) is 7.58. The van der Waals surface area contributed by atoms with Gasteiger partial charge >= 0.3 is 0 Å². The van der Waals surface area contributed by atoms with Gasteiger partial charge in [-0.05, 0) is 21.1 Å². The molecule has 0 spiro atoms. The van der Waals surface area contributed by atoms with E-state index in [0.717, 1.165) is 19.6 Å². The van der Waals surface area contributed by atoms with E-state index < -0.39 is 0 Å². The highest BCUT2D eigenvalue weighted by atomic mass is 15.3. The maximum absolute atomic E-state index is 8.81. The zero-order valence-electron chi connectivity index (χ0n) is 10.2. The van der Waals surface area contributed by atoms with Gasteiger partial charge in [0.25, 0.3) is 0 Å². The largest absolute Gasteiger partial charge is 0.308 e. The first-order valence-electron chi connectivity index (χ1n) is 5.46. The number of likely N-dealkylation sites (tertiary alicyclic amines) is 1. The van der Waals surface area contributed by atoms with Crippen molar-refractivity contribution in [2.24, 2.45) is 0 Å². The van der Waals surface area contributed by atoms with Gasteiger partial charge in [-0.25, -0.2) is 0 Å². The second-order valence-corrected chi connectivity index (χ2v) is 4.60. The standard InChI is InChI=1S/C11H19N5/c1-14(2)6-10(4-5-12)15(3)11-7-16(8-11)9-13/h10-11H,4,6-8H2,1-3H3. The lowest BCUT2D eigenvalue weighted by Crippen LogP contribution is -2.60. The Hall–Kier alpha value is -1.30. The van der Waals surface area contributed by atoms with Crippen LogP contribution in [0, 0.1) is 22.8 Å². The van der Waals surface area contributed by atoms with Crippen LogP contribution in [0.2, 0.25) is 0 Å². The second-order valence-electron chi connectivity index (χ2n) is 4.60. The van der Waals surface area contributed by atoms with Crippen molar-refractivity contribution in [3.05, 3.63) is 0 Å². The summed E-state index contributed by atoms with van der Waals surface area (Å²) in [6.45, 7) is 2.47. The molecule has 0 aromatic heterocycles. The molecule has 0 N–H and O–H groups in total. The molecular weight excluding hydrogens is 202 g/mol. The first-order valence-corrected chi connectivity index (χ1v) is 5.46. The Balaban J connectivity index is 2.46. The first kappa shape index (κ1) is 12.8. The Kier molecular flexibility index (Phi) is 4.54. The van der Waals surface area contributed by atoms with Crippen molar-refractivity contribution in [2.75, 3.05) is 40.8 Å². The van der Waals surface area contributed by atoms with Gasteiger partial charge in [0, 0.05) is 31.7 Å². The van der Waals surface area contributed by atoms with Crippen molar-refractivity contribution in [3.8, 4) is 12.3 Å². The van der Waals surface area contributed by atoms with Gasteiger partial charge in [-0.1, -0.05) is 0 Å². The lowest BCUT2D eigenvalue weighted by molar-refractivity contribution is 0.0520. The van der Waals surface area contributed by atoms with Gasteiger partial charge in [0.2, 0.25) is 0 Å². The summed E-state index contributed by atoms with van der Waals surface area (Å²) in [5.41, 5.74) is 0. The van der Waals surface area contributed by atoms with E-state index >= 15 is 0 Å². The highest BCUT2D eigenvalue weighted by Gasteiger charge is 2.32. The molecule has 1 aliphatic rings. The molecule has 1 fully saturated rings. The Morgan fingerprint density at radius 2 is 1.94 bits per heavy atom. The zero-order valence-corrected chi connectivity index (χ0v) is 10.2. The Labute approximate surface area is 97.4 Å². The molecule has 0 bridgehead atoms. The lowest BCUT2D eigenvalue weighted by atomic mass is 10.0. The average Bonchev–Trinajstić information content (AvgIpc) is 2.14. The fraction of sp³-hybridized carbons (Fsp3) is 0.818. The summed E-state index contributed by atoms with van der Waals surface area (Å²) in [6.07, 6.45) is 2.67. The van der Waals surface area contributed by atoms with Gasteiger partial charge in [0.15, 0.2) is 6.19 Å². The summed E-state index contributed by atoms with van der Waals surface area (Å²) < 4.78 is 0. The van der Waals surface area contributed by atoms with Crippen LogP contribution in [0.1, 0.15) is 6.42 Å². The van der Waals surface area contributed by atoms with Gasteiger partial charge in [-0.2, -0.15) is 10.5 Å². The zero-order chi connectivity index (χ0) is 12.1. The van der Waals surface area contributed by atoms with Gasteiger partial charge < -0.3 is 9.80 Å².